The molecule has 1 aromatic rings. The van der Waals surface area contributed by atoms with Crippen molar-refractivity contribution in [1.82, 2.24) is 9.88 Å². The first-order valence-corrected chi connectivity index (χ1v) is 6.50. The van der Waals surface area contributed by atoms with Gasteiger partial charge in [-0.3, -0.25) is 0 Å². The molecule has 0 bridgehead atoms. The van der Waals surface area contributed by atoms with E-state index in [1.54, 1.807) is 11.1 Å². The van der Waals surface area contributed by atoms with Gasteiger partial charge in [0.25, 0.3) is 6.01 Å². The normalized spacial score (nSPS) is 16.6. The first-order valence-electron chi connectivity index (χ1n) is 6.50. The van der Waals surface area contributed by atoms with Crippen LogP contribution < -0.4 is 4.90 Å². The summed E-state index contributed by atoms with van der Waals surface area (Å²) in [6.07, 6.45) is 1.45. The molecule has 106 valence electrons. The Morgan fingerprint density at radius 1 is 1.32 bits per heavy atom. The van der Waals surface area contributed by atoms with Crippen molar-refractivity contribution >= 4 is 12.1 Å². The quantitative estimate of drug-likeness (QED) is 0.779. The highest BCUT2D eigenvalue weighted by Gasteiger charge is 2.27. The minimum Gasteiger partial charge on any atom is -0.444 e. The maximum absolute atomic E-state index is 11.9. The second-order valence-electron chi connectivity index (χ2n) is 5.71. The second kappa shape index (κ2) is 5.11. The molecule has 1 aromatic heterocycles. The lowest BCUT2D eigenvalue weighted by molar-refractivity contribution is 0.0239. The van der Waals surface area contributed by atoms with E-state index < -0.39 is 5.60 Å². The van der Waals surface area contributed by atoms with Crippen LogP contribution in [-0.4, -0.2) is 47.8 Å². The van der Waals surface area contributed by atoms with Crippen LogP contribution in [0.4, 0.5) is 10.8 Å². The fourth-order valence-corrected chi connectivity index (χ4v) is 1.90. The molecule has 1 fully saturated rings. The largest absolute Gasteiger partial charge is 0.444 e. The molecule has 0 atom stereocenters. The van der Waals surface area contributed by atoms with Crippen LogP contribution in [0.15, 0.2) is 10.6 Å². The van der Waals surface area contributed by atoms with Crippen LogP contribution in [-0.2, 0) is 4.74 Å². The number of aryl methyl sites for hydroxylation is 1. The maximum Gasteiger partial charge on any atom is 0.410 e. The van der Waals surface area contributed by atoms with Gasteiger partial charge in [-0.05, 0) is 27.7 Å². The van der Waals surface area contributed by atoms with Gasteiger partial charge in [0.05, 0.1) is 6.20 Å². The Morgan fingerprint density at radius 3 is 2.42 bits per heavy atom. The monoisotopic (exact) mass is 267 g/mol. The van der Waals surface area contributed by atoms with Crippen molar-refractivity contribution in [1.29, 1.82) is 0 Å². The molecule has 1 saturated heterocycles. The summed E-state index contributed by atoms with van der Waals surface area (Å²) in [7, 11) is 0. The predicted octanol–water partition coefficient (Wildman–Crippen LogP) is 2.04. The molecule has 6 heteroatoms. The molecule has 1 amide bonds. The van der Waals surface area contributed by atoms with E-state index >= 15 is 0 Å². The van der Waals surface area contributed by atoms with Crippen LogP contribution >= 0.6 is 0 Å². The molecule has 0 unspecified atom stereocenters. The minimum absolute atomic E-state index is 0.254. The van der Waals surface area contributed by atoms with E-state index in [-0.39, 0.29) is 6.09 Å². The first-order chi connectivity index (χ1) is 8.85. The van der Waals surface area contributed by atoms with E-state index in [1.165, 1.54) is 0 Å². The molecule has 0 aliphatic carbocycles. The van der Waals surface area contributed by atoms with E-state index in [9.17, 15) is 4.79 Å². The van der Waals surface area contributed by atoms with Gasteiger partial charge in [-0.25, -0.2) is 9.78 Å². The van der Waals surface area contributed by atoms with Crippen molar-refractivity contribution in [3.8, 4) is 0 Å². The Morgan fingerprint density at radius 2 is 1.95 bits per heavy atom. The van der Waals surface area contributed by atoms with Gasteiger partial charge in [-0.2, -0.15) is 0 Å². The number of amides is 1. The number of oxazole rings is 1. The third kappa shape index (κ3) is 3.62. The third-order valence-corrected chi connectivity index (χ3v) is 2.81. The summed E-state index contributed by atoms with van der Waals surface area (Å²) in [5.41, 5.74) is -0.450. The zero-order valence-corrected chi connectivity index (χ0v) is 12.0. The Kier molecular flexibility index (Phi) is 3.68. The fourth-order valence-electron chi connectivity index (χ4n) is 1.90. The number of rotatable bonds is 1. The predicted molar refractivity (Wildman–Crippen MR) is 71.3 cm³/mol. The van der Waals surface area contributed by atoms with Gasteiger partial charge in [0.1, 0.15) is 11.4 Å². The lowest BCUT2D eigenvalue weighted by Crippen LogP contribution is -2.50. The van der Waals surface area contributed by atoms with Crippen molar-refractivity contribution in [2.75, 3.05) is 31.1 Å². The second-order valence-corrected chi connectivity index (χ2v) is 5.71. The zero-order chi connectivity index (χ0) is 14.0. The van der Waals surface area contributed by atoms with Crippen molar-refractivity contribution < 1.29 is 13.9 Å². The molecule has 0 N–H and O–H groups in total. The standard InChI is InChI=1S/C13H21N3O3/c1-10-9-14-11(18-10)15-5-7-16(8-6-15)12(17)19-13(2,3)4/h9H,5-8H2,1-4H3. The summed E-state index contributed by atoms with van der Waals surface area (Å²) in [6.45, 7) is 10.1. The SMILES string of the molecule is Cc1cnc(N2CCN(C(=O)OC(C)(C)C)CC2)o1. The van der Waals surface area contributed by atoms with Crippen molar-refractivity contribution in [3.63, 3.8) is 0 Å². The number of ether oxygens (including phenoxy) is 1. The smallest absolute Gasteiger partial charge is 0.410 e. The molecule has 0 spiro atoms. The van der Waals surface area contributed by atoms with Crippen LogP contribution in [0.3, 0.4) is 0 Å². The Labute approximate surface area is 113 Å². The van der Waals surface area contributed by atoms with E-state index in [1.807, 2.05) is 32.6 Å². The van der Waals surface area contributed by atoms with Crippen molar-refractivity contribution in [2.45, 2.75) is 33.3 Å². The first kappa shape index (κ1) is 13.7. The lowest BCUT2D eigenvalue weighted by Gasteiger charge is -2.34. The molecular weight excluding hydrogens is 246 g/mol. The highest BCUT2D eigenvalue weighted by molar-refractivity contribution is 5.68. The molecule has 19 heavy (non-hydrogen) atoms. The van der Waals surface area contributed by atoms with Gasteiger partial charge in [-0.15, -0.1) is 0 Å². The van der Waals surface area contributed by atoms with Crippen LogP contribution in [0.1, 0.15) is 26.5 Å². The van der Waals surface area contributed by atoms with Crippen molar-refractivity contribution in [2.24, 2.45) is 0 Å². The third-order valence-electron chi connectivity index (χ3n) is 2.81. The highest BCUT2D eigenvalue weighted by atomic mass is 16.6. The van der Waals surface area contributed by atoms with Crippen molar-refractivity contribution in [3.05, 3.63) is 12.0 Å². The van der Waals surface area contributed by atoms with Gasteiger partial charge in [0.15, 0.2) is 0 Å². The van der Waals surface area contributed by atoms with Gasteiger partial charge in [0, 0.05) is 26.2 Å². The summed E-state index contributed by atoms with van der Waals surface area (Å²) in [6, 6.07) is 0.626. The minimum atomic E-state index is -0.450. The summed E-state index contributed by atoms with van der Waals surface area (Å²) in [4.78, 5) is 19.9. The highest BCUT2D eigenvalue weighted by Crippen LogP contribution is 2.17. The number of anilines is 1. The van der Waals surface area contributed by atoms with E-state index in [0.29, 0.717) is 32.2 Å². The number of piperazine rings is 1. The van der Waals surface area contributed by atoms with Gasteiger partial charge in [0.2, 0.25) is 0 Å². The van der Waals surface area contributed by atoms with Crippen LogP contribution in [0.25, 0.3) is 0 Å². The molecule has 1 aliphatic heterocycles. The number of carbonyl (C=O) groups is 1. The van der Waals surface area contributed by atoms with E-state index in [4.69, 9.17) is 9.15 Å². The molecule has 1 aliphatic rings. The Bertz CT molecular complexity index is 442. The number of carbonyl (C=O) groups excluding carboxylic acids is 1. The number of nitrogens with zero attached hydrogens (tertiary/aromatic N) is 3. The molecule has 2 rings (SSSR count). The molecular formula is C13H21N3O3. The van der Waals surface area contributed by atoms with Crippen LogP contribution in [0.5, 0.6) is 0 Å². The Hall–Kier alpha value is -1.72. The average Bonchev–Trinajstić information content (AvgIpc) is 2.74. The molecule has 0 radical (unpaired) electrons. The molecule has 2 heterocycles. The summed E-state index contributed by atoms with van der Waals surface area (Å²) < 4.78 is 10.8. The molecule has 0 saturated carbocycles. The van der Waals surface area contributed by atoms with Crippen LogP contribution in [0, 0.1) is 6.92 Å². The molecule has 6 nitrogen and oxygen atoms in total. The van der Waals surface area contributed by atoms with Gasteiger partial charge >= 0.3 is 6.09 Å². The molecule has 0 aromatic carbocycles. The number of aromatic nitrogens is 1. The van der Waals surface area contributed by atoms with E-state index in [2.05, 4.69) is 4.98 Å². The van der Waals surface area contributed by atoms with Crippen LogP contribution in [0.2, 0.25) is 0 Å². The van der Waals surface area contributed by atoms with Gasteiger partial charge in [-0.1, -0.05) is 0 Å². The maximum atomic E-state index is 11.9. The summed E-state index contributed by atoms with van der Waals surface area (Å²) in [5, 5.41) is 0. The zero-order valence-electron chi connectivity index (χ0n) is 12.0. The van der Waals surface area contributed by atoms with E-state index in [0.717, 1.165) is 5.76 Å². The summed E-state index contributed by atoms with van der Waals surface area (Å²) in [5.74, 6) is 0.796. The van der Waals surface area contributed by atoms with Gasteiger partial charge < -0.3 is 19.0 Å². The Balaban J connectivity index is 1.87. The number of hydrogen-bond acceptors (Lipinski definition) is 5. The fraction of sp³-hybridized carbons (Fsp3) is 0.692. The topological polar surface area (TPSA) is 58.8 Å². The lowest BCUT2D eigenvalue weighted by atomic mass is 10.2. The average molecular weight is 267 g/mol. The summed E-state index contributed by atoms with van der Waals surface area (Å²) >= 11 is 0. The number of hydrogen-bond donors (Lipinski definition) is 0.